The summed E-state index contributed by atoms with van der Waals surface area (Å²) in [6.45, 7) is 0. The zero-order valence-corrected chi connectivity index (χ0v) is 43.7. The van der Waals surface area contributed by atoms with Crippen molar-refractivity contribution in [3.05, 3.63) is 303 Å². The molecule has 4 heterocycles. The highest BCUT2D eigenvalue weighted by Crippen LogP contribution is 2.41. The number of rotatable bonds is 6. The number of fused-ring (bicyclic) bond motifs is 13. The molecule has 17 rings (SSSR count). The Labute approximate surface area is 462 Å². The van der Waals surface area contributed by atoms with Crippen LogP contribution in [0.2, 0.25) is 0 Å². The van der Waals surface area contributed by atoms with Gasteiger partial charge in [-0.2, -0.15) is 0 Å². The van der Waals surface area contributed by atoms with Gasteiger partial charge in [0.05, 0.1) is 49.8 Å². The Morgan fingerprint density at radius 2 is 0.425 bits per heavy atom. The average Bonchev–Trinajstić information content (AvgIpc) is 4.47. The van der Waals surface area contributed by atoms with Gasteiger partial charge in [0.25, 0.3) is 0 Å². The van der Waals surface area contributed by atoms with Crippen LogP contribution >= 0.6 is 0 Å². The minimum atomic E-state index is 1.18. The van der Waals surface area contributed by atoms with Crippen molar-refractivity contribution in [1.82, 2.24) is 18.3 Å². The van der Waals surface area contributed by atoms with Crippen molar-refractivity contribution in [3.63, 3.8) is 0 Å². The summed E-state index contributed by atoms with van der Waals surface area (Å²) in [5.41, 5.74) is 19.5. The molecular weight excluding hydrogens is 969 g/mol. The van der Waals surface area contributed by atoms with E-state index in [-0.39, 0.29) is 0 Å². The Balaban J connectivity index is 0.000000133. The molecule has 17 aromatic rings. The van der Waals surface area contributed by atoms with Crippen LogP contribution in [-0.2, 0) is 0 Å². The third kappa shape index (κ3) is 7.23. The smallest absolute Gasteiger partial charge is 0.0541 e. The number of aromatic nitrogens is 4. The third-order valence-electron chi connectivity index (χ3n) is 16.4. The maximum Gasteiger partial charge on any atom is 0.0541 e. The number of hydrogen-bond donors (Lipinski definition) is 0. The molecule has 0 bridgehead atoms. The van der Waals surface area contributed by atoms with Gasteiger partial charge in [-0.05, 0) is 143 Å². The molecule has 0 atom stereocenters. The molecule has 0 amide bonds. The normalized spacial score (nSPS) is 11.8. The van der Waals surface area contributed by atoms with Crippen LogP contribution in [0.4, 0.5) is 0 Å². The molecule has 0 aliphatic carbocycles. The lowest BCUT2D eigenvalue weighted by Crippen LogP contribution is -1.95. The highest BCUT2D eigenvalue weighted by atomic mass is 15.0. The summed E-state index contributed by atoms with van der Waals surface area (Å²) in [4.78, 5) is 0. The van der Waals surface area contributed by atoms with E-state index in [4.69, 9.17) is 0 Å². The van der Waals surface area contributed by atoms with E-state index in [1.54, 1.807) is 0 Å². The Morgan fingerprint density at radius 1 is 0.163 bits per heavy atom. The lowest BCUT2D eigenvalue weighted by molar-refractivity contribution is 1.18. The van der Waals surface area contributed by atoms with Gasteiger partial charge in [-0.1, -0.05) is 188 Å². The molecular formula is C76H50N4. The van der Waals surface area contributed by atoms with Crippen LogP contribution in [0.3, 0.4) is 0 Å². The van der Waals surface area contributed by atoms with E-state index in [0.29, 0.717) is 0 Å². The van der Waals surface area contributed by atoms with E-state index < -0.39 is 0 Å². The molecule has 0 fully saturated rings. The summed E-state index contributed by atoms with van der Waals surface area (Å²) in [6.07, 6.45) is 0. The minimum absolute atomic E-state index is 1.18. The monoisotopic (exact) mass is 1020 g/mol. The van der Waals surface area contributed by atoms with Crippen molar-refractivity contribution in [1.29, 1.82) is 0 Å². The molecule has 13 aromatic carbocycles. The maximum atomic E-state index is 2.42. The van der Waals surface area contributed by atoms with E-state index in [9.17, 15) is 0 Å². The van der Waals surface area contributed by atoms with Gasteiger partial charge in [0.1, 0.15) is 0 Å². The summed E-state index contributed by atoms with van der Waals surface area (Å²) < 4.78 is 9.53. The third-order valence-corrected chi connectivity index (χ3v) is 16.4. The fourth-order valence-electron chi connectivity index (χ4n) is 12.8. The highest BCUT2D eigenvalue weighted by Gasteiger charge is 2.19. The highest BCUT2D eigenvalue weighted by molar-refractivity contribution is 6.15. The van der Waals surface area contributed by atoms with Gasteiger partial charge >= 0.3 is 0 Å². The molecule has 0 unspecified atom stereocenters. The Kier molecular flexibility index (Phi) is 10.5. The Hall–Kier alpha value is -10.7. The summed E-state index contributed by atoms with van der Waals surface area (Å²) >= 11 is 0. The summed E-state index contributed by atoms with van der Waals surface area (Å²) in [6, 6.07) is 110. The van der Waals surface area contributed by atoms with Gasteiger partial charge in [-0.15, -0.1) is 0 Å². The van der Waals surface area contributed by atoms with Crippen LogP contribution in [0, 0.1) is 0 Å². The SMILES string of the molecule is c1ccc(-n2c3ccccc3c3cc(-c4ccc5c(c4)c4ccccc4n5-c4cccc5ccccc45)ccc32)cc1.c1ccc(-n2c3ccccc3c3cc(-c4ccc5c(c4)c4ccccc4n5-c4ccccc4)ccc32)cc1. The van der Waals surface area contributed by atoms with Crippen LogP contribution in [0.25, 0.3) is 143 Å². The molecule has 0 radical (unpaired) electrons. The maximum absolute atomic E-state index is 2.42. The first-order valence-corrected chi connectivity index (χ1v) is 27.5. The van der Waals surface area contributed by atoms with E-state index in [0.717, 1.165) is 0 Å². The zero-order chi connectivity index (χ0) is 52.7. The molecule has 4 nitrogen and oxygen atoms in total. The van der Waals surface area contributed by atoms with Gasteiger partial charge in [0.2, 0.25) is 0 Å². The molecule has 4 heteroatoms. The van der Waals surface area contributed by atoms with Gasteiger partial charge in [0.15, 0.2) is 0 Å². The molecule has 4 aromatic heterocycles. The topological polar surface area (TPSA) is 19.7 Å². The molecule has 0 saturated heterocycles. The van der Waals surface area contributed by atoms with Crippen molar-refractivity contribution in [3.8, 4) is 45.0 Å². The van der Waals surface area contributed by atoms with Crippen molar-refractivity contribution in [2.45, 2.75) is 0 Å². The van der Waals surface area contributed by atoms with E-state index in [1.807, 2.05) is 0 Å². The fourth-order valence-corrected chi connectivity index (χ4v) is 12.8. The molecule has 0 N–H and O–H groups in total. The summed E-state index contributed by atoms with van der Waals surface area (Å²) in [5.74, 6) is 0. The number of benzene rings is 13. The quantitative estimate of drug-likeness (QED) is 0.158. The second-order valence-corrected chi connectivity index (χ2v) is 20.8. The van der Waals surface area contributed by atoms with Crippen molar-refractivity contribution >= 4 is 98.0 Å². The standard InChI is InChI=1S/C40H26N2.C36H24N2/c1-2-13-30(14-3-1)41-37-18-8-6-16-32(37)34-25-28(21-23-39(34)41)29-22-24-40-35(26-29)33-17-7-9-19-38(33)42(40)36-20-10-12-27-11-4-5-15-31(27)36;1-3-11-27(12-4-1)37-33-17-9-7-15-29(33)31-23-25(19-21-35(31)37)26-20-22-36-32(24-26)30-16-8-10-18-34(30)38(36)28-13-5-2-6-14-28/h1-26H;1-24H. The summed E-state index contributed by atoms with van der Waals surface area (Å²) in [7, 11) is 0. The molecule has 0 aliphatic heterocycles. The predicted octanol–water partition coefficient (Wildman–Crippen LogP) is 20.2. The van der Waals surface area contributed by atoms with Crippen LogP contribution < -0.4 is 0 Å². The summed E-state index contributed by atoms with van der Waals surface area (Å²) in [5, 5.41) is 12.7. The largest absolute Gasteiger partial charge is 0.309 e. The molecule has 0 saturated carbocycles. The first-order valence-electron chi connectivity index (χ1n) is 27.5. The molecule has 374 valence electrons. The van der Waals surface area contributed by atoms with E-state index in [1.165, 1.54) is 143 Å². The second kappa shape index (κ2) is 18.5. The number of hydrogen-bond acceptors (Lipinski definition) is 0. The lowest BCUT2D eigenvalue weighted by Gasteiger charge is -2.12. The number of nitrogens with zero attached hydrogens (tertiary/aromatic N) is 4. The first kappa shape index (κ1) is 45.5. The van der Waals surface area contributed by atoms with Gasteiger partial charge in [-0.3, -0.25) is 0 Å². The average molecular weight is 1020 g/mol. The van der Waals surface area contributed by atoms with E-state index >= 15 is 0 Å². The van der Waals surface area contributed by atoms with Crippen LogP contribution in [0.1, 0.15) is 0 Å². The Morgan fingerprint density at radius 3 is 0.787 bits per heavy atom. The second-order valence-electron chi connectivity index (χ2n) is 20.8. The van der Waals surface area contributed by atoms with Crippen LogP contribution in [0.5, 0.6) is 0 Å². The van der Waals surface area contributed by atoms with Crippen LogP contribution in [-0.4, -0.2) is 18.3 Å². The van der Waals surface area contributed by atoms with Gasteiger partial charge < -0.3 is 18.3 Å². The lowest BCUT2D eigenvalue weighted by atomic mass is 10.0. The van der Waals surface area contributed by atoms with Crippen LogP contribution in [0.15, 0.2) is 303 Å². The number of para-hydroxylation sites is 7. The Bertz CT molecular complexity index is 5070. The zero-order valence-electron chi connectivity index (χ0n) is 43.7. The van der Waals surface area contributed by atoms with Crippen molar-refractivity contribution in [2.75, 3.05) is 0 Å². The van der Waals surface area contributed by atoms with Crippen molar-refractivity contribution in [2.24, 2.45) is 0 Å². The predicted molar refractivity (Wildman–Crippen MR) is 339 cm³/mol. The minimum Gasteiger partial charge on any atom is -0.309 e. The van der Waals surface area contributed by atoms with Gasteiger partial charge in [0, 0.05) is 65.5 Å². The fraction of sp³-hybridized carbons (Fsp3) is 0. The first-order chi connectivity index (χ1) is 39.7. The van der Waals surface area contributed by atoms with Gasteiger partial charge in [-0.25, -0.2) is 0 Å². The molecule has 80 heavy (non-hydrogen) atoms. The van der Waals surface area contributed by atoms with E-state index in [2.05, 4.69) is 322 Å². The molecule has 0 spiro atoms. The van der Waals surface area contributed by atoms with Crippen molar-refractivity contribution < 1.29 is 0 Å². The molecule has 0 aliphatic rings.